The number of hydrogen-bond donors (Lipinski definition) is 2. The first-order valence-corrected chi connectivity index (χ1v) is 6.08. The minimum atomic E-state index is -0.0492. The predicted octanol–water partition coefficient (Wildman–Crippen LogP) is 2.28. The molecule has 0 saturated carbocycles. The zero-order chi connectivity index (χ0) is 11.4. The van der Waals surface area contributed by atoms with Crippen LogP contribution >= 0.6 is 11.3 Å². The van der Waals surface area contributed by atoms with Crippen LogP contribution in [0.4, 0.5) is 5.00 Å². The number of nitrogens with one attached hydrogen (secondary N) is 1. The summed E-state index contributed by atoms with van der Waals surface area (Å²) in [6.45, 7) is 6.81. The molecule has 1 aromatic heterocycles. The van der Waals surface area contributed by atoms with Crippen LogP contribution in [-0.4, -0.2) is 12.5 Å². The Hall–Kier alpha value is -1.03. The number of nitrogens with two attached hydrogens (primary N) is 1. The number of anilines is 1. The van der Waals surface area contributed by atoms with Gasteiger partial charge in [0.2, 0.25) is 0 Å². The first kappa shape index (κ1) is 12.0. The molecular weight excluding hydrogens is 208 g/mol. The number of carbonyl (C=O) groups excluding carboxylic acids is 1. The molecule has 1 rings (SSSR count). The van der Waals surface area contributed by atoms with Crippen molar-refractivity contribution in [2.75, 3.05) is 12.3 Å². The van der Waals surface area contributed by atoms with Gasteiger partial charge in [-0.05, 0) is 30.2 Å². The van der Waals surface area contributed by atoms with E-state index in [-0.39, 0.29) is 5.91 Å². The summed E-state index contributed by atoms with van der Waals surface area (Å²) in [4.78, 5) is 11.7. The van der Waals surface area contributed by atoms with Crippen LogP contribution in [0.3, 0.4) is 0 Å². The Bertz CT molecular complexity index is 344. The van der Waals surface area contributed by atoms with Gasteiger partial charge in [0.1, 0.15) is 0 Å². The normalized spacial score (nSPS) is 10.7. The van der Waals surface area contributed by atoms with E-state index in [1.807, 2.05) is 12.3 Å². The second-order valence-corrected chi connectivity index (χ2v) is 4.87. The second-order valence-electron chi connectivity index (χ2n) is 3.96. The standard InChI is InChI=1S/C11H18N2OS/c1-4-13-11(14)9-8(5-7(2)3)6-15-10(9)12/h6-7H,4-5,12H2,1-3H3,(H,13,14). The molecule has 0 atom stereocenters. The van der Waals surface area contributed by atoms with E-state index in [0.29, 0.717) is 23.0 Å². The van der Waals surface area contributed by atoms with Crippen molar-refractivity contribution in [1.29, 1.82) is 0 Å². The molecule has 1 aromatic rings. The van der Waals surface area contributed by atoms with Crippen molar-refractivity contribution in [3.63, 3.8) is 0 Å². The third kappa shape index (κ3) is 2.96. The molecule has 0 aliphatic heterocycles. The van der Waals surface area contributed by atoms with Crippen LogP contribution in [0, 0.1) is 5.92 Å². The summed E-state index contributed by atoms with van der Waals surface area (Å²) in [7, 11) is 0. The Morgan fingerprint density at radius 1 is 1.60 bits per heavy atom. The minimum absolute atomic E-state index is 0.0492. The topological polar surface area (TPSA) is 55.1 Å². The summed E-state index contributed by atoms with van der Waals surface area (Å²) in [5.74, 6) is 0.485. The third-order valence-electron chi connectivity index (χ3n) is 2.09. The molecule has 3 nitrogen and oxygen atoms in total. The van der Waals surface area contributed by atoms with Crippen LogP contribution < -0.4 is 11.1 Å². The maximum atomic E-state index is 11.7. The summed E-state index contributed by atoms with van der Waals surface area (Å²) < 4.78 is 0. The van der Waals surface area contributed by atoms with Gasteiger partial charge in [0, 0.05) is 6.54 Å². The number of hydrogen-bond acceptors (Lipinski definition) is 3. The molecule has 1 heterocycles. The average Bonchev–Trinajstić information content (AvgIpc) is 2.46. The fourth-order valence-corrected chi connectivity index (χ4v) is 2.33. The molecular formula is C11H18N2OS. The van der Waals surface area contributed by atoms with Crippen LogP contribution in [0.25, 0.3) is 0 Å². The van der Waals surface area contributed by atoms with Crippen LogP contribution in [-0.2, 0) is 6.42 Å². The lowest BCUT2D eigenvalue weighted by Crippen LogP contribution is -2.24. The average molecular weight is 226 g/mol. The number of amides is 1. The van der Waals surface area contributed by atoms with Gasteiger partial charge in [-0.25, -0.2) is 0 Å². The number of rotatable bonds is 4. The van der Waals surface area contributed by atoms with Gasteiger partial charge in [-0.2, -0.15) is 0 Å². The fraction of sp³-hybridized carbons (Fsp3) is 0.545. The van der Waals surface area contributed by atoms with Crippen molar-refractivity contribution in [3.05, 3.63) is 16.5 Å². The molecule has 0 bridgehead atoms. The van der Waals surface area contributed by atoms with Gasteiger partial charge in [-0.1, -0.05) is 13.8 Å². The highest BCUT2D eigenvalue weighted by Gasteiger charge is 2.17. The zero-order valence-electron chi connectivity index (χ0n) is 9.46. The maximum absolute atomic E-state index is 11.7. The van der Waals surface area contributed by atoms with Crippen molar-refractivity contribution in [3.8, 4) is 0 Å². The summed E-state index contributed by atoms with van der Waals surface area (Å²) in [6, 6.07) is 0. The third-order valence-corrected chi connectivity index (χ3v) is 2.95. The Morgan fingerprint density at radius 3 is 2.80 bits per heavy atom. The van der Waals surface area contributed by atoms with Crippen LogP contribution in [0.2, 0.25) is 0 Å². The molecule has 0 saturated heterocycles. The summed E-state index contributed by atoms with van der Waals surface area (Å²) >= 11 is 1.44. The van der Waals surface area contributed by atoms with Crippen LogP contribution in [0.1, 0.15) is 36.7 Å². The van der Waals surface area contributed by atoms with Gasteiger partial charge < -0.3 is 11.1 Å². The number of nitrogen functional groups attached to an aromatic ring is 1. The van der Waals surface area contributed by atoms with E-state index < -0.39 is 0 Å². The molecule has 3 N–H and O–H groups in total. The maximum Gasteiger partial charge on any atom is 0.254 e. The number of thiophene rings is 1. The highest BCUT2D eigenvalue weighted by atomic mass is 32.1. The quantitative estimate of drug-likeness (QED) is 0.827. The first-order valence-electron chi connectivity index (χ1n) is 5.20. The molecule has 0 radical (unpaired) electrons. The Balaban J connectivity index is 2.93. The molecule has 0 aliphatic rings. The van der Waals surface area contributed by atoms with Crippen molar-refractivity contribution in [2.45, 2.75) is 27.2 Å². The predicted molar refractivity (Wildman–Crippen MR) is 65.3 cm³/mol. The van der Waals surface area contributed by atoms with Gasteiger partial charge in [-0.3, -0.25) is 4.79 Å². The Labute approximate surface area is 94.7 Å². The SMILES string of the molecule is CCNC(=O)c1c(CC(C)C)csc1N. The molecule has 84 valence electrons. The van der Waals surface area contributed by atoms with E-state index in [2.05, 4.69) is 19.2 Å². The van der Waals surface area contributed by atoms with Crippen LogP contribution in [0.5, 0.6) is 0 Å². The monoisotopic (exact) mass is 226 g/mol. The minimum Gasteiger partial charge on any atom is -0.390 e. The largest absolute Gasteiger partial charge is 0.390 e. The van der Waals surface area contributed by atoms with Gasteiger partial charge in [0.25, 0.3) is 5.91 Å². The fourth-order valence-electron chi connectivity index (χ4n) is 1.51. The van der Waals surface area contributed by atoms with Crippen molar-refractivity contribution < 1.29 is 4.79 Å². The van der Waals surface area contributed by atoms with Crippen molar-refractivity contribution in [2.24, 2.45) is 5.92 Å². The Kier molecular flexibility index (Phi) is 4.15. The number of carbonyl (C=O) groups is 1. The molecule has 0 spiro atoms. The molecule has 0 unspecified atom stereocenters. The highest BCUT2D eigenvalue weighted by molar-refractivity contribution is 7.14. The molecule has 0 aromatic carbocycles. The smallest absolute Gasteiger partial charge is 0.254 e. The second kappa shape index (κ2) is 5.16. The molecule has 15 heavy (non-hydrogen) atoms. The van der Waals surface area contributed by atoms with E-state index in [0.717, 1.165) is 12.0 Å². The Morgan fingerprint density at radius 2 is 2.27 bits per heavy atom. The lowest BCUT2D eigenvalue weighted by atomic mass is 10.0. The van der Waals surface area contributed by atoms with E-state index in [9.17, 15) is 4.79 Å². The molecule has 0 fully saturated rings. The lowest BCUT2D eigenvalue weighted by Gasteiger charge is -2.07. The van der Waals surface area contributed by atoms with Gasteiger partial charge >= 0.3 is 0 Å². The van der Waals surface area contributed by atoms with E-state index in [4.69, 9.17) is 5.73 Å². The van der Waals surface area contributed by atoms with Gasteiger partial charge in [0.15, 0.2) is 0 Å². The molecule has 1 amide bonds. The lowest BCUT2D eigenvalue weighted by molar-refractivity contribution is 0.0956. The van der Waals surface area contributed by atoms with Gasteiger partial charge in [0.05, 0.1) is 10.6 Å². The first-order chi connectivity index (χ1) is 7.06. The van der Waals surface area contributed by atoms with Crippen molar-refractivity contribution in [1.82, 2.24) is 5.32 Å². The van der Waals surface area contributed by atoms with E-state index in [1.54, 1.807) is 0 Å². The van der Waals surface area contributed by atoms with E-state index in [1.165, 1.54) is 11.3 Å². The van der Waals surface area contributed by atoms with Crippen LogP contribution in [0.15, 0.2) is 5.38 Å². The van der Waals surface area contributed by atoms with E-state index >= 15 is 0 Å². The molecule has 0 aliphatic carbocycles. The van der Waals surface area contributed by atoms with Crippen molar-refractivity contribution >= 4 is 22.2 Å². The van der Waals surface area contributed by atoms with Gasteiger partial charge in [-0.15, -0.1) is 11.3 Å². The highest BCUT2D eigenvalue weighted by Crippen LogP contribution is 2.27. The zero-order valence-corrected chi connectivity index (χ0v) is 10.3. The summed E-state index contributed by atoms with van der Waals surface area (Å²) in [5, 5.41) is 5.40. The summed E-state index contributed by atoms with van der Waals surface area (Å²) in [5.41, 5.74) is 7.55. The molecule has 4 heteroatoms. The summed E-state index contributed by atoms with van der Waals surface area (Å²) in [6.07, 6.45) is 0.903.